The van der Waals surface area contributed by atoms with Crippen LogP contribution < -0.4 is 30.9 Å². The lowest BCUT2D eigenvalue weighted by atomic mass is 10.0. The van der Waals surface area contributed by atoms with Gasteiger partial charge in [-0.25, -0.2) is 9.89 Å². The minimum absolute atomic E-state index is 0.0911. The van der Waals surface area contributed by atoms with Crippen molar-refractivity contribution in [1.29, 1.82) is 5.26 Å². The van der Waals surface area contributed by atoms with Gasteiger partial charge in [0.2, 0.25) is 5.96 Å². The number of hydrogen-bond acceptors (Lipinski definition) is 14. The molecule has 0 aromatic heterocycles. The number of nitriles is 1. The van der Waals surface area contributed by atoms with Crippen molar-refractivity contribution in [2.24, 2.45) is 16.5 Å². The van der Waals surface area contributed by atoms with Crippen molar-refractivity contribution in [1.82, 2.24) is 4.90 Å². The highest BCUT2D eigenvalue weighted by molar-refractivity contribution is 5.79. The third-order valence-electron chi connectivity index (χ3n) is 9.41. The van der Waals surface area contributed by atoms with Crippen molar-refractivity contribution in [3.05, 3.63) is 83.9 Å². The van der Waals surface area contributed by atoms with Gasteiger partial charge in [0, 0.05) is 56.3 Å². The number of aliphatic hydroxyl groups excluding tert-OH is 7. The summed E-state index contributed by atoms with van der Waals surface area (Å²) < 4.78 is 5.75. The predicted octanol–water partition coefficient (Wildman–Crippen LogP) is 1.17. The van der Waals surface area contributed by atoms with Crippen LogP contribution >= 0.6 is 0 Å². The van der Waals surface area contributed by atoms with Crippen LogP contribution in [-0.2, 0) is 6.42 Å². The lowest BCUT2D eigenvalue weighted by Gasteiger charge is -2.34. The van der Waals surface area contributed by atoms with Gasteiger partial charge in [-0.15, -0.1) is 0 Å². The fourth-order valence-electron chi connectivity index (χ4n) is 6.58. The smallest absolute Gasteiger partial charge is 0.205 e. The van der Waals surface area contributed by atoms with E-state index >= 15 is 0 Å². The van der Waals surface area contributed by atoms with Gasteiger partial charge in [-0.2, -0.15) is 5.26 Å². The molecule has 0 aliphatic carbocycles. The first kappa shape index (κ1) is 48.7. The molecule has 3 rings (SSSR count). The molecular formula is C43H66N8O8. The Morgan fingerprint density at radius 1 is 0.661 bits per heavy atom. The van der Waals surface area contributed by atoms with Gasteiger partial charge in [0.05, 0.1) is 43.1 Å². The number of ether oxygens (including phenoxy) is 1. The maximum atomic E-state index is 11.6. The summed E-state index contributed by atoms with van der Waals surface area (Å²) in [5.74, 6) is 0.278. The lowest BCUT2D eigenvalue weighted by molar-refractivity contribution is 0.0948. The van der Waals surface area contributed by atoms with Crippen molar-refractivity contribution in [2.75, 3.05) is 67.1 Å². The van der Waals surface area contributed by atoms with Crippen molar-refractivity contribution in [3.8, 4) is 11.9 Å². The van der Waals surface area contributed by atoms with E-state index in [1.165, 1.54) is 0 Å². The molecular weight excluding hydrogens is 757 g/mol. The van der Waals surface area contributed by atoms with E-state index in [4.69, 9.17) is 16.2 Å². The normalized spacial score (nSPS) is 15.8. The molecule has 0 saturated carbocycles. The Hall–Kier alpha value is -4.70. The maximum Gasteiger partial charge on any atom is 0.205 e. The monoisotopic (exact) mass is 823 g/mol. The van der Waals surface area contributed by atoms with Crippen LogP contribution in [0, 0.1) is 11.5 Å². The van der Waals surface area contributed by atoms with E-state index in [0.29, 0.717) is 50.5 Å². The van der Waals surface area contributed by atoms with Crippen molar-refractivity contribution < 1.29 is 40.5 Å². The predicted molar refractivity (Wildman–Crippen MR) is 231 cm³/mol. The lowest BCUT2D eigenvalue weighted by Crippen LogP contribution is -2.48. The molecule has 0 aliphatic heterocycles. The van der Waals surface area contributed by atoms with Crippen LogP contribution in [0.25, 0.3) is 0 Å². The van der Waals surface area contributed by atoms with Crippen LogP contribution in [0.2, 0.25) is 0 Å². The summed E-state index contributed by atoms with van der Waals surface area (Å²) >= 11 is 0. The Morgan fingerprint density at radius 3 is 1.56 bits per heavy atom. The Labute approximate surface area is 348 Å². The molecule has 0 spiro atoms. The topological polar surface area (TPSA) is 252 Å². The van der Waals surface area contributed by atoms with Gasteiger partial charge >= 0.3 is 0 Å². The third-order valence-corrected chi connectivity index (χ3v) is 9.41. The zero-order valence-corrected chi connectivity index (χ0v) is 35.0. The number of aliphatic imine (C=N–C) groups is 1. The minimum atomic E-state index is -1.22. The number of anilines is 3. The molecule has 11 N–H and O–H groups in total. The van der Waals surface area contributed by atoms with Gasteiger partial charge in [0.25, 0.3) is 0 Å². The molecule has 59 heavy (non-hydrogen) atoms. The highest BCUT2D eigenvalue weighted by atomic mass is 16.5. The van der Waals surface area contributed by atoms with Crippen LogP contribution in [0.1, 0.15) is 52.2 Å². The highest BCUT2D eigenvalue weighted by Gasteiger charge is 2.27. The average molecular weight is 823 g/mol. The largest absolute Gasteiger partial charge is 0.491 e. The molecule has 8 atom stereocenters. The Morgan fingerprint density at radius 2 is 1.12 bits per heavy atom. The molecule has 16 nitrogen and oxygen atoms in total. The first-order valence-corrected chi connectivity index (χ1v) is 20.2. The van der Waals surface area contributed by atoms with E-state index in [2.05, 4.69) is 4.99 Å². The zero-order chi connectivity index (χ0) is 43.6. The van der Waals surface area contributed by atoms with E-state index in [1.807, 2.05) is 71.4 Å². The van der Waals surface area contributed by atoms with E-state index in [9.17, 15) is 41.0 Å². The van der Waals surface area contributed by atoms with Crippen LogP contribution in [0.15, 0.2) is 77.8 Å². The van der Waals surface area contributed by atoms with Crippen LogP contribution in [-0.4, -0.2) is 148 Å². The van der Waals surface area contributed by atoms with Gasteiger partial charge in [-0.1, -0.05) is 31.2 Å². The summed E-state index contributed by atoms with van der Waals surface area (Å²) in [6.07, 6.45) is -2.70. The SMILES string of the molecule is CCC(N=C(N)N(C#N)CC(O)COc1ccc(N(CC(C)O)CC(C)O)cc1)C(O)N(CC(C)O)c1ccc(Cc2ccc(N(CC(C)O)CC(O)CN)cc2)cc1. The summed E-state index contributed by atoms with van der Waals surface area (Å²) in [6.45, 7) is 9.68. The van der Waals surface area contributed by atoms with Gasteiger partial charge in [-0.3, -0.25) is 0 Å². The first-order valence-electron chi connectivity index (χ1n) is 20.2. The number of nitrogens with two attached hydrogens (primary N) is 2. The third kappa shape index (κ3) is 16.5. The van der Waals surface area contributed by atoms with Crippen LogP contribution in [0.5, 0.6) is 5.75 Å². The Bertz CT molecular complexity index is 1690. The molecule has 0 heterocycles. The Balaban J connectivity index is 1.66. The van der Waals surface area contributed by atoms with Crippen molar-refractivity contribution in [3.63, 3.8) is 0 Å². The molecule has 16 heteroatoms. The number of nitrogens with zero attached hydrogens (tertiary/aromatic N) is 6. The minimum Gasteiger partial charge on any atom is -0.491 e. The maximum absolute atomic E-state index is 11.6. The standard InChI is InChI=1S/C43H66N8O8/c1-6-41(47-43(46)50(28-45)26-39(57)27-59-40-17-15-36(16-18-40)48(21-29(2)52)22-30(3)53)42(58)51(24-32(5)55)37-13-9-34(10-14-37)19-33-7-11-35(12-8-33)49(23-31(4)54)25-38(56)20-44/h7-18,29-32,38-39,41-42,52-58H,6,19-27,44H2,1-5H3,(H2,46,47). The zero-order valence-electron chi connectivity index (χ0n) is 35.0. The van der Waals surface area contributed by atoms with E-state index in [-0.39, 0.29) is 32.2 Å². The molecule has 3 aromatic rings. The first-order chi connectivity index (χ1) is 28.0. The van der Waals surface area contributed by atoms with E-state index < -0.39 is 48.9 Å². The molecule has 326 valence electrons. The fraction of sp³-hybridized carbons (Fsp3) is 0.535. The molecule has 3 aromatic carbocycles. The number of benzene rings is 3. The second kappa shape index (κ2) is 24.4. The molecule has 0 amide bonds. The van der Waals surface area contributed by atoms with Gasteiger partial charge < -0.3 is 66.6 Å². The van der Waals surface area contributed by atoms with Gasteiger partial charge in [0.15, 0.2) is 6.19 Å². The number of rotatable bonds is 25. The summed E-state index contributed by atoms with van der Waals surface area (Å²) in [6, 6.07) is 21.7. The number of hydrogen-bond donors (Lipinski definition) is 9. The molecule has 0 fully saturated rings. The summed E-state index contributed by atoms with van der Waals surface area (Å²) in [7, 11) is 0. The molecule has 8 unspecified atom stereocenters. The highest BCUT2D eigenvalue weighted by Crippen LogP contribution is 2.25. The summed E-state index contributed by atoms with van der Waals surface area (Å²) in [5, 5.41) is 82.4. The molecule has 0 bridgehead atoms. The van der Waals surface area contributed by atoms with Crippen LogP contribution in [0.4, 0.5) is 17.1 Å². The number of guanidine groups is 1. The van der Waals surface area contributed by atoms with Crippen molar-refractivity contribution in [2.45, 2.75) is 96.4 Å². The molecule has 0 saturated heterocycles. The second-order valence-corrected chi connectivity index (χ2v) is 15.3. The molecule has 0 aliphatic rings. The van der Waals surface area contributed by atoms with Gasteiger partial charge in [0.1, 0.15) is 24.7 Å². The van der Waals surface area contributed by atoms with E-state index in [0.717, 1.165) is 27.4 Å². The molecule has 0 radical (unpaired) electrons. The fourth-order valence-corrected chi connectivity index (χ4v) is 6.58. The number of aliphatic hydroxyl groups is 7. The van der Waals surface area contributed by atoms with Crippen LogP contribution in [0.3, 0.4) is 0 Å². The summed E-state index contributed by atoms with van der Waals surface area (Å²) in [4.78, 5) is 10.9. The second-order valence-electron chi connectivity index (χ2n) is 15.3. The summed E-state index contributed by atoms with van der Waals surface area (Å²) in [5.41, 5.74) is 16.2. The van der Waals surface area contributed by atoms with E-state index in [1.54, 1.807) is 56.9 Å². The average Bonchev–Trinajstić information content (AvgIpc) is 3.19. The van der Waals surface area contributed by atoms with Gasteiger partial charge in [-0.05, 0) is 100 Å². The Kier molecular flexibility index (Phi) is 20.1. The van der Waals surface area contributed by atoms with Crippen molar-refractivity contribution >= 4 is 23.0 Å². The quantitative estimate of drug-likeness (QED) is 0.0191.